The Bertz CT molecular complexity index is 262. The first-order chi connectivity index (χ1) is 6.55. The molecule has 3 saturated heterocycles. The predicted octanol–water partition coefficient (Wildman–Crippen LogP) is 0.637. The highest BCUT2D eigenvalue weighted by atomic mass is 16.8. The van der Waals surface area contributed by atoms with Crippen molar-refractivity contribution in [1.82, 2.24) is 0 Å². The lowest BCUT2D eigenvalue weighted by Gasteiger charge is -2.26. The Kier molecular flexibility index (Phi) is 1.62. The number of ketones is 1. The second-order valence-corrected chi connectivity index (χ2v) is 4.72. The van der Waals surface area contributed by atoms with Gasteiger partial charge in [-0.15, -0.1) is 0 Å². The predicted molar refractivity (Wildman–Crippen MR) is 46.7 cm³/mol. The molecule has 0 saturated carbocycles. The molecule has 0 aliphatic carbocycles. The summed E-state index contributed by atoms with van der Waals surface area (Å²) in [7, 11) is 0. The lowest BCUT2D eigenvalue weighted by molar-refractivity contribution is -0.194. The van der Waals surface area contributed by atoms with Gasteiger partial charge in [-0.2, -0.15) is 0 Å². The third kappa shape index (κ3) is 1.14. The number of hydrogen-bond acceptors (Lipinski definition) is 4. The van der Waals surface area contributed by atoms with Gasteiger partial charge >= 0.3 is 0 Å². The number of Topliss-reactive ketones (excluding diaryl/α,β-unsaturated/α-hetero) is 1. The molecule has 14 heavy (non-hydrogen) atoms. The minimum absolute atomic E-state index is 0.0403. The van der Waals surface area contributed by atoms with Crippen LogP contribution in [-0.2, 0) is 19.0 Å². The van der Waals surface area contributed by atoms with Gasteiger partial charge in [-0.05, 0) is 13.8 Å². The van der Waals surface area contributed by atoms with E-state index in [1.807, 2.05) is 13.8 Å². The fraction of sp³-hybridized carbons (Fsp3) is 0.900. The largest absolute Gasteiger partial charge is 0.368 e. The van der Waals surface area contributed by atoms with Gasteiger partial charge in [0, 0.05) is 12.8 Å². The summed E-state index contributed by atoms with van der Waals surface area (Å²) >= 11 is 0. The number of carbonyl (C=O) groups excluding carboxylic acids is 1. The van der Waals surface area contributed by atoms with Crippen molar-refractivity contribution in [3.05, 3.63) is 0 Å². The lowest BCUT2D eigenvalue weighted by Crippen LogP contribution is -2.34. The summed E-state index contributed by atoms with van der Waals surface area (Å²) in [6, 6.07) is 0. The third-order valence-electron chi connectivity index (χ3n) is 3.10. The highest BCUT2D eigenvalue weighted by Gasteiger charge is 2.57. The Balaban J connectivity index is 1.87. The zero-order chi connectivity index (χ0) is 9.92. The van der Waals surface area contributed by atoms with E-state index in [1.165, 1.54) is 0 Å². The lowest BCUT2D eigenvalue weighted by atomic mass is 10.1. The first-order valence-corrected chi connectivity index (χ1v) is 5.08. The maximum atomic E-state index is 11.3. The molecule has 3 heterocycles. The molecule has 0 N–H and O–H groups in total. The SMILES string of the molecule is CC1(C)O[C@@H]2[C@H](O1)[C@H]1CC(=O)C[C@@H]2O1. The number of carbonyl (C=O) groups is 1. The zero-order valence-corrected chi connectivity index (χ0v) is 8.36. The van der Waals surface area contributed by atoms with Crippen LogP contribution in [0.4, 0.5) is 0 Å². The maximum Gasteiger partial charge on any atom is 0.164 e. The van der Waals surface area contributed by atoms with Crippen molar-refractivity contribution >= 4 is 5.78 Å². The van der Waals surface area contributed by atoms with Crippen LogP contribution in [0.25, 0.3) is 0 Å². The summed E-state index contributed by atoms with van der Waals surface area (Å²) < 4.78 is 17.1. The normalized spacial score (nSPS) is 49.4. The molecule has 0 amide bonds. The van der Waals surface area contributed by atoms with Crippen molar-refractivity contribution in [3.8, 4) is 0 Å². The van der Waals surface area contributed by atoms with Crippen LogP contribution in [0, 0.1) is 0 Å². The van der Waals surface area contributed by atoms with E-state index in [0.717, 1.165) is 0 Å². The molecule has 0 aromatic carbocycles. The minimum atomic E-state index is -0.518. The van der Waals surface area contributed by atoms with Gasteiger partial charge in [0.05, 0.1) is 12.2 Å². The molecule has 4 nitrogen and oxygen atoms in total. The van der Waals surface area contributed by atoms with Crippen molar-refractivity contribution < 1.29 is 19.0 Å². The van der Waals surface area contributed by atoms with Gasteiger partial charge in [0.25, 0.3) is 0 Å². The van der Waals surface area contributed by atoms with E-state index in [9.17, 15) is 4.79 Å². The summed E-state index contributed by atoms with van der Waals surface area (Å²) in [6.07, 6.45) is 0.734. The van der Waals surface area contributed by atoms with E-state index < -0.39 is 5.79 Å². The zero-order valence-electron chi connectivity index (χ0n) is 8.36. The molecule has 3 aliphatic rings. The summed E-state index contributed by atoms with van der Waals surface area (Å²) in [6.45, 7) is 3.81. The van der Waals surface area contributed by atoms with E-state index >= 15 is 0 Å². The van der Waals surface area contributed by atoms with Crippen molar-refractivity contribution in [3.63, 3.8) is 0 Å². The second kappa shape index (κ2) is 2.56. The molecule has 78 valence electrons. The quantitative estimate of drug-likeness (QED) is 0.573. The molecular weight excluding hydrogens is 184 g/mol. The van der Waals surface area contributed by atoms with Crippen molar-refractivity contribution in [1.29, 1.82) is 0 Å². The Labute approximate surface area is 82.5 Å². The van der Waals surface area contributed by atoms with Gasteiger partial charge in [0.15, 0.2) is 5.79 Å². The summed E-state index contributed by atoms with van der Waals surface area (Å²) in [5, 5.41) is 0. The molecule has 0 aromatic heterocycles. The molecule has 0 radical (unpaired) electrons. The van der Waals surface area contributed by atoms with Gasteiger partial charge in [0.2, 0.25) is 0 Å². The average molecular weight is 198 g/mol. The number of ether oxygens (including phenoxy) is 3. The van der Waals surface area contributed by atoms with E-state index in [1.54, 1.807) is 0 Å². The molecule has 0 unspecified atom stereocenters. The van der Waals surface area contributed by atoms with E-state index in [2.05, 4.69) is 0 Å². The third-order valence-corrected chi connectivity index (χ3v) is 3.10. The molecule has 0 aromatic rings. The summed E-state index contributed by atoms with van der Waals surface area (Å²) in [4.78, 5) is 11.3. The summed E-state index contributed by atoms with van der Waals surface area (Å²) in [5.74, 6) is -0.249. The summed E-state index contributed by atoms with van der Waals surface area (Å²) in [5.41, 5.74) is 0. The Hall–Kier alpha value is -0.450. The van der Waals surface area contributed by atoms with Crippen LogP contribution in [0.1, 0.15) is 26.7 Å². The highest BCUT2D eigenvalue weighted by Crippen LogP contribution is 2.43. The average Bonchev–Trinajstić information content (AvgIpc) is 2.49. The fourth-order valence-corrected chi connectivity index (χ4v) is 2.63. The first kappa shape index (κ1) is 8.83. The fourth-order valence-electron chi connectivity index (χ4n) is 2.63. The molecule has 3 rings (SSSR count). The number of hydrogen-bond donors (Lipinski definition) is 0. The first-order valence-electron chi connectivity index (χ1n) is 5.08. The topological polar surface area (TPSA) is 44.8 Å². The maximum absolute atomic E-state index is 11.3. The van der Waals surface area contributed by atoms with Crippen LogP contribution in [0.2, 0.25) is 0 Å². The molecule has 4 heteroatoms. The monoisotopic (exact) mass is 198 g/mol. The van der Waals surface area contributed by atoms with Crippen LogP contribution in [0.15, 0.2) is 0 Å². The molecule has 4 atom stereocenters. The van der Waals surface area contributed by atoms with Crippen LogP contribution >= 0.6 is 0 Å². The Morgan fingerprint density at radius 3 is 2.14 bits per heavy atom. The number of rotatable bonds is 0. The number of fused-ring (bicyclic) bond motifs is 5. The molecule has 3 fully saturated rings. The highest BCUT2D eigenvalue weighted by molar-refractivity contribution is 5.80. The van der Waals surface area contributed by atoms with Crippen molar-refractivity contribution in [2.45, 2.75) is 56.9 Å². The standard InChI is InChI=1S/C10H14O4/c1-10(2)13-8-6-3-5(11)4-7(12-6)9(8)14-10/h6-9H,3-4H2,1-2H3/t6-,7+,8-,9+. The molecule has 3 aliphatic heterocycles. The smallest absolute Gasteiger partial charge is 0.164 e. The molecule has 0 spiro atoms. The van der Waals surface area contributed by atoms with Crippen LogP contribution in [0.3, 0.4) is 0 Å². The van der Waals surface area contributed by atoms with Gasteiger partial charge in [-0.1, -0.05) is 0 Å². The molecular formula is C10H14O4. The Morgan fingerprint density at radius 2 is 1.64 bits per heavy atom. The van der Waals surface area contributed by atoms with Crippen molar-refractivity contribution in [2.75, 3.05) is 0 Å². The second-order valence-electron chi connectivity index (χ2n) is 4.72. The Morgan fingerprint density at radius 1 is 1.14 bits per heavy atom. The minimum Gasteiger partial charge on any atom is -0.368 e. The van der Waals surface area contributed by atoms with Gasteiger partial charge in [-0.3, -0.25) is 4.79 Å². The van der Waals surface area contributed by atoms with Gasteiger partial charge < -0.3 is 14.2 Å². The van der Waals surface area contributed by atoms with Gasteiger partial charge in [0.1, 0.15) is 18.0 Å². The van der Waals surface area contributed by atoms with Crippen LogP contribution in [-0.4, -0.2) is 36.0 Å². The van der Waals surface area contributed by atoms with Crippen LogP contribution in [0.5, 0.6) is 0 Å². The van der Waals surface area contributed by atoms with E-state index in [-0.39, 0.29) is 30.2 Å². The molecule has 2 bridgehead atoms. The van der Waals surface area contributed by atoms with E-state index in [0.29, 0.717) is 12.8 Å². The van der Waals surface area contributed by atoms with Gasteiger partial charge in [-0.25, -0.2) is 0 Å². The van der Waals surface area contributed by atoms with E-state index in [4.69, 9.17) is 14.2 Å². The van der Waals surface area contributed by atoms with Crippen LogP contribution < -0.4 is 0 Å². The van der Waals surface area contributed by atoms with Crippen molar-refractivity contribution in [2.24, 2.45) is 0 Å².